The van der Waals surface area contributed by atoms with Crippen molar-refractivity contribution in [3.8, 4) is 0 Å². The third-order valence-electron chi connectivity index (χ3n) is 2.05. The molecule has 2 N–H and O–H groups in total. The predicted octanol–water partition coefficient (Wildman–Crippen LogP) is 4.14. The maximum atomic E-state index is 11.7. The maximum absolute atomic E-state index is 11.7. The fourth-order valence-electron chi connectivity index (χ4n) is 1.32. The number of halogens is 2. The highest BCUT2D eigenvalue weighted by molar-refractivity contribution is 9.10. The Kier molecular flexibility index (Phi) is 4.17. The van der Waals surface area contributed by atoms with E-state index < -0.39 is 0 Å². The summed E-state index contributed by atoms with van der Waals surface area (Å²) in [5.74, 6) is 0.398. The number of urea groups is 1. The van der Waals surface area contributed by atoms with Crippen molar-refractivity contribution in [2.75, 3.05) is 10.6 Å². The number of carbonyl (C=O) groups excluding carboxylic acids is 1. The molecule has 0 unspecified atom stereocenters. The quantitative estimate of drug-likeness (QED) is 0.871. The van der Waals surface area contributed by atoms with Gasteiger partial charge < -0.3 is 5.32 Å². The molecule has 6 heteroatoms. The number of aromatic nitrogens is 1. The van der Waals surface area contributed by atoms with Crippen molar-refractivity contribution < 1.29 is 4.79 Å². The summed E-state index contributed by atoms with van der Waals surface area (Å²) >= 11 is 9.12. The lowest BCUT2D eigenvalue weighted by Gasteiger charge is -2.07. The van der Waals surface area contributed by atoms with Crippen molar-refractivity contribution >= 4 is 45.1 Å². The number of benzene rings is 1. The van der Waals surface area contributed by atoms with Gasteiger partial charge in [-0.25, -0.2) is 9.78 Å². The number of anilines is 2. The molecule has 0 atom stereocenters. The highest BCUT2D eigenvalue weighted by atomic mass is 79.9. The molecule has 2 aromatic rings. The summed E-state index contributed by atoms with van der Waals surface area (Å²) in [4.78, 5) is 15.7. The molecule has 0 bridgehead atoms. The van der Waals surface area contributed by atoms with Crippen molar-refractivity contribution in [1.29, 1.82) is 0 Å². The molecular weight excluding hydrogens is 318 g/mol. The first-order valence-corrected chi connectivity index (χ1v) is 6.26. The summed E-state index contributed by atoms with van der Waals surface area (Å²) in [5, 5.41) is 5.79. The summed E-state index contributed by atoms with van der Waals surface area (Å²) in [6.45, 7) is 0. The van der Waals surface area contributed by atoms with Gasteiger partial charge in [0.25, 0.3) is 0 Å². The first-order valence-electron chi connectivity index (χ1n) is 5.08. The van der Waals surface area contributed by atoms with Gasteiger partial charge in [-0.2, -0.15) is 0 Å². The van der Waals surface area contributed by atoms with Crippen LogP contribution < -0.4 is 10.6 Å². The zero-order chi connectivity index (χ0) is 13.0. The van der Waals surface area contributed by atoms with Crippen molar-refractivity contribution in [2.24, 2.45) is 0 Å². The fourth-order valence-corrected chi connectivity index (χ4v) is 1.88. The lowest BCUT2D eigenvalue weighted by atomic mass is 10.3. The van der Waals surface area contributed by atoms with E-state index >= 15 is 0 Å². The van der Waals surface area contributed by atoms with E-state index in [2.05, 4.69) is 31.5 Å². The van der Waals surface area contributed by atoms with Gasteiger partial charge in [-0.3, -0.25) is 5.32 Å². The average molecular weight is 327 g/mol. The second kappa shape index (κ2) is 5.84. The molecule has 0 saturated carbocycles. The van der Waals surface area contributed by atoms with Crippen LogP contribution in [0.5, 0.6) is 0 Å². The number of amides is 2. The van der Waals surface area contributed by atoms with E-state index in [1.165, 1.54) is 6.20 Å². The summed E-state index contributed by atoms with van der Waals surface area (Å²) in [5.41, 5.74) is 0.684. The number of pyridine rings is 1. The van der Waals surface area contributed by atoms with Crippen LogP contribution in [0, 0.1) is 0 Å². The van der Waals surface area contributed by atoms with E-state index in [0.29, 0.717) is 16.5 Å². The number of carbonyl (C=O) groups is 1. The van der Waals surface area contributed by atoms with Crippen LogP contribution in [0.15, 0.2) is 47.1 Å². The Balaban J connectivity index is 2.01. The van der Waals surface area contributed by atoms with E-state index in [0.717, 1.165) is 4.47 Å². The van der Waals surface area contributed by atoms with E-state index in [-0.39, 0.29) is 6.03 Å². The van der Waals surface area contributed by atoms with Crippen LogP contribution in [0.1, 0.15) is 0 Å². The Morgan fingerprint density at radius 1 is 1.22 bits per heavy atom. The van der Waals surface area contributed by atoms with Crippen LogP contribution in [0.25, 0.3) is 0 Å². The van der Waals surface area contributed by atoms with Gasteiger partial charge in [0.05, 0.1) is 0 Å². The smallest absolute Gasteiger partial charge is 0.308 e. The third kappa shape index (κ3) is 3.72. The molecule has 0 spiro atoms. The summed E-state index contributed by atoms with van der Waals surface area (Å²) in [6.07, 6.45) is 1.52. The summed E-state index contributed by atoms with van der Waals surface area (Å²) in [6, 6.07) is 10.1. The minimum absolute atomic E-state index is 0.372. The largest absolute Gasteiger partial charge is 0.324 e. The highest BCUT2D eigenvalue weighted by Crippen LogP contribution is 2.16. The zero-order valence-corrected chi connectivity index (χ0v) is 11.5. The van der Waals surface area contributed by atoms with Crippen LogP contribution in [-0.2, 0) is 0 Å². The van der Waals surface area contributed by atoms with Crippen LogP contribution in [0.2, 0.25) is 5.02 Å². The topological polar surface area (TPSA) is 54.0 Å². The van der Waals surface area contributed by atoms with Gasteiger partial charge in [0.2, 0.25) is 0 Å². The molecule has 0 aliphatic heterocycles. The third-order valence-corrected chi connectivity index (χ3v) is 2.77. The Morgan fingerprint density at radius 3 is 2.78 bits per heavy atom. The van der Waals surface area contributed by atoms with Crippen LogP contribution in [-0.4, -0.2) is 11.0 Å². The van der Waals surface area contributed by atoms with Gasteiger partial charge in [-0.1, -0.05) is 33.6 Å². The van der Waals surface area contributed by atoms with Crippen LogP contribution in [0.4, 0.5) is 16.3 Å². The molecule has 0 radical (unpaired) electrons. The Labute approximate surface area is 118 Å². The molecule has 1 aromatic carbocycles. The average Bonchev–Trinajstić information content (AvgIpc) is 2.28. The molecule has 2 amide bonds. The van der Waals surface area contributed by atoms with E-state index in [4.69, 9.17) is 11.6 Å². The minimum atomic E-state index is -0.372. The number of hydrogen-bond donors (Lipinski definition) is 2. The molecule has 2 rings (SSSR count). The lowest BCUT2D eigenvalue weighted by molar-refractivity contribution is 0.262. The summed E-state index contributed by atoms with van der Waals surface area (Å²) < 4.78 is 0.890. The molecular formula is C12H9BrClN3O. The SMILES string of the molecule is O=C(Nc1cccc(Br)c1)Nc1cc(Cl)ccn1. The Bertz CT molecular complexity index is 527. The predicted molar refractivity (Wildman–Crippen MR) is 76.0 cm³/mol. The minimum Gasteiger partial charge on any atom is -0.308 e. The van der Waals surface area contributed by atoms with Crippen molar-refractivity contribution in [2.45, 2.75) is 0 Å². The van der Waals surface area contributed by atoms with Crippen LogP contribution in [0.3, 0.4) is 0 Å². The maximum Gasteiger partial charge on any atom is 0.324 e. The van der Waals surface area contributed by atoms with Gasteiger partial charge in [-0.15, -0.1) is 0 Å². The standard InChI is InChI=1S/C12H9BrClN3O/c13-8-2-1-3-10(6-8)16-12(18)17-11-7-9(14)4-5-15-11/h1-7H,(H2,15,16,17,18). The molecule has 0 aliphatic rings. The number of rotatable bonds is 2. The molecule has 18 heavy (non-hydrogen) atoms. The monoisotopic (exact) mass is 325 g/mol. The van der Waals surface area contributed by atoms with E-state index in [9.17, 15) is 4.79 Å². The zero-order valence-electron chi connectivity index (χ0n) is 9.15. The second-order valence-electron chi connectivity index (χ2n) is 3.45. The van der Waals surface area contributed by atoms with Gasteiger partial charge in [0, 0.05) is 21.4 Å². The van der Waals surface area contributed by atoms with Crippen molar-refractivity contribution in [3.05, 3.63) is 52.1 Å². The Hall–Kier alpha value is -1.59. The first kappa shape index (κ1) is 12.9. The summed E-state index contributed by atoms with van der Waals surface area (Å²) in [7, 11) is 0. The van der Waals surface area contributed by atoms with E-state index in [1.54, 1.807) is 24.3 Å². The van der Waals surface area contributed by atoms with Gasteiger partial charge in [-0.05, 0) is 30.3 Å². The molecule has 0 fully saturated rings. The van der Waals surface area contributed by atoms with Crippen LogP contribution >= 0.6 is 27.5 Å². The molecule has 4 nitrogen and oxygen atoms in total. The number of nitrogens with zero attached hydrogens (tertiary/aromatic N) is 1. The molecule has 1 heterocycles. The van der Waals surface area contributed by atoms with E-state index in [1.807, 2.05) is 12.1 Å². The molecule has 0 aliphatic carbocycles. The second-order valence-corrected chi connectivity index (χ2v) is 4.80. The fraction of sp³-hybridized carbons (Fsp3) is 0. The van der Waals surface area contributed by atoms with Crippen molar-refractivity contribution in [1.82, 2.24) is 4.98 Å². The number of hydrogen-bond acceptors (Lipinski definition) is 2. The lowest BCUT2D eigenvalue weighted by Crippen LogP contribution is -2.19. The first-order chi connectivity index (χ1) is 8.63. The Morgan fingerprint density at radius 2 is 2.06 bits per heavy atom. The number of nitrogens with one attached hydrogen (secondary N) is 2. The van der Waals surface area contributed by atoms with Gasteiger partial charge >= 0.3 is 6.03 Å². The molecule has 1 aromatic heterocycles. The van der Waals surface area contributed by atoms with Gasteiger partial charge in [0.1, 0.15) is 5.82 Å². The van der Waals surface area contributed by atoms with Gasteiger partial charge in [0.15, 0.2) is 0 Å². The molecule has 0 saturated heterocycles. The normalized spacial score (nSPS) is 9.89. The van der Waals surface area contributed by atoms with Crippen molar-refractivity contribution in [3.63, 3.8) is 0 Å². The molecule has 92 valence electrons. The highest BCUT2D eigenvalue weighted by Gasteiger charge is 2.04.